The summed E-state index contributed by atoms with van der Waals surface area (Å²) in [6.45, 7) is 3.09. The molecule has 1 N–H and O–H groups in total. The van der Waals surface area contributed by atoms with Gasteiger partial charge >= 0.3 is 0 Å². The highest BCUT2D eigenvalue weighted by molar-refractivity contribution is 6.30. The van der Waals surface area contributed by atoms with Gasteiger partial charge in [-0.25, -0.2) is 5.43 Å². The minimum atomic E-state index is -0.454. The van der Waals surface area contributed by atoms with Gasteiger partial charge in [0.2, 0.25) is 0 Å². The second kappa shape index (κ2) is 8.25. The summed E-state index contributed by atoms with van der Waals surface area (Å²) in [6, 6.07) is 11.4. The molecule has 0 aliphatic carbocycles. The molecule has 0 saturated carbocycles. The van der Waals surface area contributed by atoms with E-state index in [1.165, 1.54) is 6.07 Å². The molecule has 0 aliphatic rings. The van der Waals surface area contributed by atoms with Gasteiger partial charge in [-0.3, -0.25) is 14.9 Å². The topological polar surface area (TPSA) is 93.8 Å². The predicted octanol–water partition coefficient (Wildman–Crippen LogP) is 3.48. The Morgan fingerprint density at radius 1 is 1.28 bits per heavy atom. The molecule has 130 valence electrons. The number of nitro benzene ring substituents is 1. The van der Waals surface area contributed by atoms with Crippen molar-refractivity contribution in [1.29, 1.82) is 0 Å². The van der Waals surface area contributed by atoms with Crippen LogP contribution in [0.5, 0.6) is 5.75 Å². The van der Waals surface area contributed by atoms with Crippen LogP contribution in [-0.4, -0.2) is 23.1 Å². The van der Waals surface area contributed by atoms with Crippen molar-refractivity contribution in [2.45, 2.75) is 13.8 Å². The molecule has 25 heavy (non-hydrogen) atoms. The zero-order valence-electron chi connectivity index (χ0n) is 13.7. The van der Waals surface area contributed by atoms with E-state index in [1.54, 1.807) is 50.2 Å². The predicted molar refractivity (Wildman–Crippen MR) is 95.1 cm³/mol. The molecule has 0 unspecified atom stereocenters. The van der Waals surface area contributed by atoms with Crippen LogP contribution in [0.1, 0.15) is 18.1 Å². The highest BCUT2D eigenvalue weighted by atomic mass is 35.5. The molecule has 2 rings (SSSR count). The van der Waals surface area contributed by atoms with E-state index in [1.807, 2.05) is 0 Å². The number of nitrogens with zero attached hydrogens (tertiary/aromatic N) is 2. The van der Waals surface area contributed by atoms with E-state index < -0.39 is 10.8 Å². The zero-order valence-corrected chi connectivity index (χ0v) is 14.4. The van der Waals surface area contributed by atoms with E-state index in [9.17, 15) is 14.9 Å². The summed E-state index contributed by atoms with van der Waals surface area (Å²) >= 11 is 5.76. The molecule has 8 heteroatoms. The van der Waals surface area contributed by atoms with E-state index in [4.69, 9.17) is 16.3 Å². The Labute approximate surface area is 149 Å². The number of ether oxygens (including phenoxy) is 1. The fourth-order valence-electron chi connectivity index (χ4n) is 1.95. The van der Waals surface area contributed by atoms with Gasteiger partial charge in [-0.05, 0) is 38.1 Å². The normalized spacial score (nSPS) is 11.1. The summed E-state index contributed by atoms with van der Waals surface area (Å²) in [4.78, 5) is 22.3. The first-order valence-electron chi connectivity index (χ1n) is 7.33. The van der Waals surface area contributed by atoms with Gasteiger partial charge in [0.05, 0.1) is 10.6 Å². The first kappa shape index (κ1) is 18.4. The molecule has 7 nitrogen and oxygen atoms in total. The second-order valence-corrected chi connectivity index (χ2v) is 5.67. The molecule has 0 aliphatic heterocycles. The molecule has 1 amide bonds. The Balaban J connectivity index is 1.96. The lowest BCUT2D eigenvalue weighted by Gasteiger charge is -2.06. The van der Waals surface area contributed by atoms with E-state index in [0.29, 0.717) is 27.6 Å². The lowest BCUT2D eigenvalue weighted by molar-refractivity contribution is -0.385. The molecule has 0 spiro atoms. The maximum Gasteiger partial charge on any atom is 0.277 e. The van der Waals surface area contributed by atoms with Crippen LogP contribution in [0.25, 0.3) is 0 Å². The van der Waals surface area contributed by atoms with Gasteiger partial charge in [-0.1, -0.05) is 23.7 Å². The summed E-state index contributed by atoms with van der Waals surface area (Å²) < 4.78 is 5.30. The quantitative estimate of drug-likeness (QED) is 0.484. The van der Waals surface area contributed by atoms with Gasteiger partial charge in [-0.2, -0.15) is 5.10 Å². The highest BCUT2D eigenvalue weighted by Crippen LogP contribution is 2.19. The Hall–Kier alpha value is -2.93. The van der Waals surface area contributed by atoms with E-state index in [2.05, 4.69) is 10.5 Å². The van der Waals surface area contributed by atoms with Crippen molar-refractivity contribution in [1.82, 2.24) is 5.43 Å². The number of aryl methyl sites for hydroxylation is 1. The van der Waals surface area contributed by atoms with Crippen LogP contribution in [0, 0.1) is 17.0 Å². The van der Waals surface area contributed by atoms with Crippen molar-refractivity contribution in [2.75, 3.05) is 6.61 Å². The van der Waals surface area contributed by atoms with Gasteiger partial charge < -0.3 is 4.74 Å². The fourth-order valence-corrected chi connectivity index (χ4v) is 2.08. The lowest BCUT2D eigenvalue weighted by Crippen LogP contribution is -2.25. The molecule has 0 aromatic heterocycles. The van der Waals surface area contributed by atoms with Gasteiger partial charge in [-0.15, -0.1) is 0 Å². The van der Waals surface area contributed by atoms with E-state index in [0.717, 1.165) is 0 Å². The Morgan fingerprint density at radius 3 is 2.60 bits per heavy atom. The number of hydrazone groups is 1. The minimum absolute atomic E-state index is 0.00412. The van der Waals surface area contributed by atoms with Crippen molar-refractivity contribution >= 4 is 28.9 Å². The third-order valence-electron chi connectivity index (χ3n) is 3.36. The third-order valence-corrected chi connectivity index (χ3v) is 3.61. The van der Waals surface area contributed by atoms with Crippen molar-refractivity contribution in [2.24, 2.45) is 5.10 Å². The van der Waals surface area contributed by atoms with E-state index in [-0.39, 0.29) is 12.3 Å². The molecular weight excluding hydrogens is 346 g/mol. The SMILES string of the molecule is C/C(=N\NC(=O)COc1ccc(Cl)cc1)c1ccc(C)c([N+](=O)[O-])c1. The zero-order chi connectivity index (χ0) is 18.4. The van der Waals surface area contributed by atoms with Crippen LogP contribution in [0.3, 0.4) is 0 Å². The van der Waals surface area contributed by atoms with Crippen molar-refractivity contribution in [3.8, 4) is 5.75 Å². The summed E-state index contributed by atoms with van der Waals surface area (Å²) in [5.74, 6) is 0.0605. The summed E-state index contributed by atoms with van der Waals surface area (Å²) in [5, 5.41) is 15.5. The standard InChI is InChI=1S/C17H16ClN3O4/c1-11-3-4-13(9-16(11)21(23)24)12(2)19-20-17(22)10-25-15-7-5-14(18)6-8-15/h3-9H,10H2,1-2H3,(H,20,22)/b19-12+. The number of carbonyl (C=O) groups is 1. The molecule has 2 aromatic rings. The van der Waals surface area contributed by atoms with Crippen LogP contribution >= 0.6 is 11.6 Å². The third kappa shape index (κ3) is 5.29. The number of hydrogen-bond acceptors (Lipinski definition) is 5. The van der Waals surface area contributed by atoms with Gasteiger partial charge in [0.15, 0.2) is 6.61 Å². The van der Waals surface area contributed by atoms with Gasteiger partial charge in [0.1, 0.15) is 5.75 Å². The largest absolute Gasteiger partial charge is 0.484 e. The Bertz CT molecular complexity index is 819. The average molecular weight is 362 g/mol. The molecule has 0 fully saturated rings. The number of nitrogens with one attached hydrogen (secondary N) is 1. The second-order valence-electron chi connectivity index (χ2n) is 5.23. The monoisotopic (exact) mass is 361 g/mol. The van der Waals surface area contributed by atoms with Crippen molar-refractivity contribution < 1.29 is 14.5 Å². The molecule has 0 atom stereocenters. The van der Waals surface area contributed by atoms with Crippen LogP contribution in [0.15, 0.2) is 47.6 Å². The number of amides is 1. The summed E-state index contributed by atoms with van der Waals surface area (Å²) in [5.41, 5.74) is 3.91. The number of nitro groups is 1. The highest BCUT2D eigenvalue weighted by Gasteiger charge is 2.12. The minimum Gasteiger partial charge on any atom is -0.484 e. The number of halogens is 1. The van der Waals surface area contributed by atoms with Crippen molar-refractivity contribution in [3.63, 3.8) is 0 Å². The number of carbonyl (C=O) groups excluding carboxylic acids is 1. The Morgan fingerprint density at radius 2 is 1.96 bits per heavy atom. The van der Waals surface area contributed by atoms with Gasteiger partial charge in [0.25, 0.3) is 11.6 Å². The summed E-state index contributed by atoms with van der Waals surface area (Å²) in [7, 11) is 0. The molecule has 2 aromatic carbocycles. The van der Waals surface area contributed by atoms with Crippen molar-refractivity contribution in [3.05, 3.63) is 68.7 Å². The first-order chi connectivity index (χ1) is 11.9. The lowest BCUT2D eigenvalue weighted by atomic mass is 10.1. The smallest absolute Gasteiger partial charge is 0.277 e. The number of benzene rings is 2. The van der Waals surface area contributed by atoms with E-state index >= 15 is 0 Å². The Kier molecular flexibility index (Phi) is 6.08. The average Bonchev–Trinajstić information content (AvgIpc) is 2.59. The molecule has 0 radical (unpaired) electrons. The maximum absolute atomic E-state index is 11.8. The molecule has 0 bridgehead atoms. The van der Waals surface area contributed by atoms with Crippen LogP contribution < -0.4 is 10.2 Å². The maximum atomic E-state index is 11.8. The number of hydrogen-bond donors (Lipinski definition) is 1. The molecule has 0 heterocycles. The first-order valence-corrected chi connectivity index (χ1v) is 7.71. The van der Waals surface area contributed by atoms with Gasteiger partial charge in [0, 0.05) is 22.2 Å². The molecule has 0 saturated heterocycles. The number of rotatable bonds is 6. The van der Waals surface area contributed by atoms with Crippen LogP contribution in [0.4, 0.5) is 5.69 Å². The molecular formula is C17H16ClN3O4. The van der Waals surface area contributed by atoms with Crippen LogP contribution in [0.2, 0.25) is 5.02 Å². The van der Waals surface area contributed by atoms with Crippen LogP contribution in [-0.2, 0) is 4.79 Å². The summed E-state index contributed by atoms with van der Waals surface area (Å²) in [6.07, 6.45) is 0. The fraction of sp³-hybridized carbons (Fsp3) is 0.176.